The Morgan fingerprint density at radius 1 is 1.00 bits per heavy atom. The zero-order valence-electron chi connectivity index (χ0n) is 17.6. The predicted octanol–water partition coefficient (Wildman–Crippen LogP) is 4.36. The molecule has 0 bridgehead atoms. The van der Waals surface area contributed by atoms with E-state index >= 15 is 0 Å². The summed E-state index contributed by atoms with van der Waals surface area (Å²) in [7, 11) is 0.0145. The van der Waals surface area contributed by atoms with E-state index in [2.05, 4.69) is 0 Å². The molecule has 0 radical (unpaired) electrons. The lowest BCUT2D eigenvalue weighted by Crippen LogP contribution is -2.45. The fraction of sp³-hybridized carbons (Fsp3) is 0.478. The summed E-state index contributed by atoms with van der Waals surface area (Å²) in [6.45, 7) is 0.157. The van der Waals surface area contributed by atoms with E-state index in [4.69, 9.17) is 9.57 Å². The van der Waals surface area contributed by atoms with Gasteiger partial charge in [-0.2, -0.15) is 5.06 Å². The van der Waals surface area contributed by atoms with E-state index in [1.807, 2.05) is 54.6 Å². The number of sulfonamides is 1. The van der Waals surface area contributed by atoms with Crippen molar-refractivity contribution in [3.05, 3.63) is 60.2 Å². The average Bonchev–Trinajstić information content (AvgIpc) is 3.17. The van der Waals surface area contributed by atoms with Gasteiger partial charge < -0.3 is 4.74 Å². The number of hydroxylamine groups is 2. The molecule has 0 amide bonds. The van der Waals surface area contributed by atoms with Crippen LogP contribution in [0.5, 0.6) is 11.5 Å². The number of rotatable bonds is 6. The van der Waals surface area contributed by atoms with Gasteiger partial charge in [0, 0.05) is 20.1 Å². The van der Waals surface area contributed by atoms with Crippen molar-refractivity contribution in [2.45, 2.75) is 49.4 Å². The Hall–Kier alpha value is -1.93. The molecule has 1 heterocycles. The maximum Gasteiger partial charge on any atom is 0.221 e. The maximum absolute atomic E-state index is 13.5. The molecule has 2 aliphatic rings. The predicted molar refractivity (Wildman–Crippen MR) is 117 cm³/mol. The van der Waals surface area contributed by atoms with E-state index in [1.54, 1.807) is 23.5 Å². The molecular formula is C23H30N2O4S. The number of ether oxygens (including phenoxy) is 1. The van der Waals surface area contributed by atoms with Gasteiger partial charge in [0.05, 0.1) is 12.6 Å². The second kappa shape index (κ2) is 9.06. The Labute approximate surface area is 179 Å². The van der Waals surface area contributed by atoms with Gasteiger partial charge >= 0.3 is 0 Å². The molecule has 6 nitrogen and oxygen atoms in total. The molecule has 2 atom stereocenters. The molecule has 0 aromatic heterocycles. The lowest BCUT2D eigenvalue weighted by molar-refractivity contribution is -0.110. The zero-order valence-corrected chi connectivity index (χ0v) is 18.4. The average molecular weight is 431 g/mol. The zero-order chi connectivity index (χ0) is 21.1. The molecule has 0 unspecified atom stereocenters. The number of nitrogens with zero attached hydrogens (tertiary/aromatic N) is 2. The minimum absolute atomic E-state index is 0.0862. The molecule has 7 heteroatoms. The summed E-state index contributed by atoms with van der Waals surface area (Å²) >= 11 is 0. The molecule has 1 saturated heterocycles. The van der Waals surface area contributed by atoms with Crippen LogP contribution in [0.3, 0.4) is 0 Å². The van der Waals surface area contributed by atoms with Crippen molar-refractivity contribution in [2.75, 3.05) is 20.7 Å². The SMILES string of the molecule is CN1OC[C@@H](S(=O)(=O)N(C)C2CCCCC2)[C@H]1c1cccc(Oc2ccccc2)c1. The molecule has 1 aliphatic heterocycles. The van der Waals surface area contributed by atoms with Crippen LogP contribution in [0.1, 0.15) is 43.7 Å². The van der Waals surface area contributed by atoms with Crippen LogP contribution in [-0.4, -0.2) is 49.8 Å². The first-order valence-corrected chi connectivity index (χ1v) is 12.1. The van der Waals surface area contributed by atoms with Gasteiger partial charge in [-0.3, -0.25) is 4.84 Å². The third-order valence-electron chi connectivity index (χ3n) is 6.24. The van der Waals surface area contributed by atoms with Crippen molar-refractivity contribution >= 4 is 10.0 Å². The van der Waals surface area contributed by atoms with Gasteiger partial charge in [0.25, 0.3) is 0 Å². The van der Waals surface area contributed by atoms with Crippen LogP contribution in [0, 0.1) is 0 Å². The van der Waals surface area contributed by atoms with E-state index in [-0.39, 0.29) is 18.7 Å². The normalized spacial score (nSPS) is 23.7. The number of benzene rings is 2. The lowest BCUT2D eigenvalue weighted by atomic mass is 9.96. The fourth-order valence-electron chi connectivity index (χ4n) is 4.52. The van der Waals surface area contributed by atoms with E-state index < -0.39 is 15.3 Å². The largest absolute Gasteiger partial charge is 0.457 e. The van der Waals surface area contributed by atoms with Gasteiger partial charge in [-0.1, -0.05) is 49.6 Å². The summed E-state index contributed by atoms with van der Waals surface area (Å²) < 4.78 is 34.6. The second-order valence-corrected chi connectivity index (χ2v) is 10.4. The van der Waals surface area contributed by atoms with Crippen molar-refractivity contribution in [1.82, 2.24) is 9.37 Å². The van der Waals surface area contributed by atoms with Crippen LogP contribution in [-0.2, 0) is 14.9 Å². The van der Waals surface area contributed by atoms with Gasteiger partial charge in [-0.15, -0.1) is 0 Å². The van der Waals surface area contributed by atoms with Crippen LogP contribution in [0.4, 0.5) is 0 Å². The molecular weight excluding hydrogens is 400 g/mol. The second-order valence-electron chi connectivity index (χ2n) is 8.17. The summed E-state index contributed by atoms with van der Waals surface area (Å²) in [5.41, 5.74) is 0.869. The highest BCUT2D eigenvalue weighted by molar-refractivity contribution is 7.89. The van der Waals surface area contributed by atoms with Gasteiger partial charge in [0.2, 0.25) is 10.0 Å². The minimum Gasteiger partial charge on any atom is -0.457 e. The first kappa shape index (κ1) is 21.3. The molecule has 4 rings (SSSR count). The topological polar surface area (TPSA) is 59.1 Å². The van der Waals surface area contributed by atoms with Crippen LogP contribution in [0.25, 0.3) is 0 Å². The van der Waals surface area contributed by atoms with Gasteiger partial charge in [0.1, 0.15) is 16.7 Å². The van der Waals surface area contributed by atoms with Crippen LogP contribution in [0.15, 0.2) is 54.6 Å². The Kier molecular flexibility index (Phi) is 6.43. The summed E-state index contributed by atoms with van der Waals surface area (Å²) in [4.78, 5) is 5.70. The molecule has 2 aromatic carbocycles. The summed E-state index contributed by atoms with van der Waals surface area (Å²) in [5.74, 6) is 1.42. The van der Waals surface area contributed by atoms with Crippen LogP contribution in [0.2, 0.25) is 0 Å². The van der Waals surface area contributed by atoms with Crippen molar-refractivity contribution < 1.29 is 18.0 Å². The van der Waals surface area contributed by atoms with E-state index in [0.29, 0.717) is 5.75 Å². The number of para-hydroxylation sites is 1. The van der Waals surface area contributed by atoms with Gasteiger partial charge in [0.15, 0.2) is 0 Å². The summed E-state index contributed by atoms with van der Waals surface area (Å²) in [5, 5.41) is 1.01. The first-order chi connectivity index (χ1) is 14.5. The number of hydrogen-bond acceptors (Lipinski definition) is 5. The van der Waals surface area contributed by atoms with Crippen molar-refractivity contribution in [2.24, 2.45) is 0 Å². The minimum atomic E-state index is -3.51. The molecule has 1 saturated carbocycles. The Morgan fingerprint density at radius 2 is 1.70 bits per heavy atom. The van der Waals surface area contributed by atoms with Crippen LogP contribution < -0.4 is 4.74 Å². The highest BCUT2D eigenvalue weighted by Gasteiger charge is 2.46. The Balaban J connectivity index is 1.58. The maximum atomic E-state index is 13.5. The van der Waals surface area contributed by atoms with Crippen LogP contribution >= 0.6 is 0 Å². The smallest absolute Gasteiger partial charge is 0.221 e. The van der Waals surface area contributed by atoms with Gasteiger partial charge in [-0.05, 0) is 42.7 Å². The number of hydrogen-bond donors (Lipinski definition) is 0. The van der Waals surface area contributed by atoms with E-state index in [1.165, 1.54) is 6.42 Å². The quantitative estimate of drug-likeness (QED) is 0.682. The Morgan fingerprint density at radius 3 is 2.43 bits per heavy atom. The molecule has 162 valence electrons. The summed E-state index contributed by atoms with van der Waals surface area (Å²) in [6.07, 6.45) is 5.24. The third kappa shape index (κ3) is 4.39. The highest BCUT2D eigenvalue weighted by Crippen LogP contribution is 2.38. The van der Waals surface area contributed by atoms with E-state index in [0.717, 1.165) is 37.0 Å². The third-order valence-corrected chi connectivity index (χ3v) is 8.50. The molecule has 2 fully saturated rings. The van der Waals surface area contributed by atoms with Gasteiger partial charge in [-0.25, -0.2) is 12.7 Å². The molecule has 1 aliphatic carbocycles. The van der Waals surface area contributed by atoms with Crippen molar-refractivity contribution in [3.63, 3.8) is 0 Å². The Bertz CT molecular complexity index is 945. The summed E-state index contributed by atoms with van der Waals surface area (Å²) in [6, 6.07) is 16.9. The standard InChI is InChI=1S/C23H30N2O4S/c1-24-23(18-10-9-15-21(16-18)29-20-13-7-4-8-14-20)22(17-28-24)30(26,27)25(2)19-11-5-3-6-12-19/h4,7-10,13-16,19,22-23H,3,5-6,11-12,17H2,1-2H3/t22-,23-/m1/s1. The fourth-order valence-corrected chi connectivity index (χ4v) is 6.46. The van der Waals surface area contributed by atoms with Crippen molar-refractivity contribution in [3.8, 4) is 11.5 Å². The van der Waals surface area contributed by atoms with Crippen molar-refractivity contribution in [1.29, 1.82) is 0 Å². The lowest BCUT2D eigenvalue weighted by Gasteiger charge is -2.33. The molecule has 0 spiro atoms. The highest BCUT2D eigenvalue weighted by atomic mass is 32.2. The molecule has 2 aromatic rings. The molecule has 30 heavy (non-hydrogen) atoms. The molecule has 0 N–H and O–H groups in total. The monoisotopic (exact) mass is 430 g/mol. The van der Waals surface area contributed by atoms with E-state index in [9.17, 15) is 8.42 Å². The first-order valence-electron chi connectivity index (χ1n) is 10.6.